The number of halogens is 2. The van der Waals surface area contributed by atoms with Gasteiger partial charge < -0.3 is 10.1 Å². The van der Waals surface area contributed by atoms with Crippen LogP contribution in [0.4, 0.5) is 0 Å². The predicted octanol–water partition coefficient (Wildman–Crippen LogP) is 2.98. The number of nitrogens with one attached hydrogen (secondary N) is 1. The van der Waals surface area contributed by atoms with Crippen molar-refractivity contribution in [2.45, 2.75) is 31.3 Å². The van der Waals surface area contributed by atoms with Crippen LogP contribution in [0.3, 0.4) is 0 Å². The lowest BCUT2D eigenvalue weighted by Crippen LogP contribution is -2.43. The highest BCUT2D eigenvalue weighted by atomic mass is 35.5. The molecule has 0 aliphatic carbocycles. The first kappa shape index (κ1) is 15.4. The monoisotopic (exact) mass is 349 g/mol. The van der Waals surface area contributed by atoms with E-state index in [2.05, 4.69) is 5.32 Å². The van der Waals surface area contributed by atoms with Gasteiger partial charge in [-0.15, -0.1) is 0 Å². The van der Waals surface area contributed by atoms with Crippen molar-refractivity contribution in [2.75, 3.05) is 18.1 Å². The van der Waals surface area contributed by atoms with Crippen LogP contribution in [-0.2, 0) is 9.84 Å². The molecule has 2 atom stereocenters. The van der Waals surface area contributed by atoms with Gasteiger partial charge in [-0.3, -0.25) is 0 Å². The molecule has 2 aliphatic heterocycles. The van der Waals surface area contributed by atoms with Crippen LogP contribution < -0.4 is 10.1 Å². The van der Waals surface area contributed by atoms with Crippen molar-refractivity contribution in [1.82, 2.24) is 5.32 Å². The SMILES string of the molecule is O=S1(=O)CCCC(NC2CCOc3c(Cl)cc(Cl)cc32)C1. The molecule has 1 aromatic rings. The van der Waals surface area contributed by atoms with E-state index in [4.69, 9.17) is 27.9 Å². The van der Waals surface area contributed by atoms with Crippen LogP contribution in [0.5, 0.6) is 5.75 Å². The molecule has 2 unspecified atom stereocenters. The van der Waals surface area contributed by atoms with Crippen molar-refractivity contribution in [3.8, 4) is 5.75 Å². The quantitative estimate of drug-likeness (QED) is 0.891. The topological polar surface area (TPSA) is 55.4 Å². The number of sulfone groups is 1. The summed E-state index contributed by atoms with van der Waals surface area (Å²) in [7, 11) is -2.92. The summed E-state index contributed by atoms with van der Waals surface area (Å²) in [5.74, 6) is 1.16. The van der Waals surface area contributed by atoms with Crippen molar-refractivity contribution < 1.29 is 13.2 Å². The first-order chi connectivity index (χ1) is 9.94. The molecule has 7 heteroatoms. The first-order valence-electron chi connectivity index (χ1n) is 7.03. The molecule has 21 heavy (non-hydrogen) atoms. The number of hydrogen-bond donors (Lipinski definition) is 1. The maximum atomic E-state index is 11.7. The highest BCUT2D eigenvalue weighted by Gasteiger charge is 2.30. The number of ether oxygens (including phenoxy) is 1. The molecule has 0 saturated carbocycles. The van der Waals surface area contributed by atoms with Crippen LogP contribution in [0, 0.1) is 0 Å². The summed E-state index contributed by atoms with van der Waals surface area (Å²) in [6.45, 7) is 0.561. The second-order valence-corrected chi connectivity index (χ2v) is 8.69. The standard InChI is InChI=1S/C14H17Cl2NO3S/c15-9-6-11-13(3-4-20-14(11)12(16)7-9)17-10-2-1-5-21(18,19)8-10/h6-7,10,13,17H,1-5,8H2. The molecule has 3 rings (SSSR count). The van der Waals surface area contributed by atoms with E-state index >= 15 is 0 Å². The van der Waals surface area contributed by atoms with Gasteiger partial charge in [-0.25, -0.2) is 8.42 Å². The molecular formula is C14H17Cl2NO3S. The van der Waals surface area contributed by atoms with Gasteiger partial charge in [0, 0.05) is 29.1 Å². The predicted molar refractivity (Wildman–Crippen MR) is 84.1 cm³/mol. The Bertz CT molecular complexity index is 648. The highest BCUT2D eigenvalue weighted by Crippen LogP contribution is 2.40. The van der Waals surface area contributed by atoms with Crippen LogP contribution in [0.25, 0.3) is 0 Å². The molecule has 0 amide bonds. The number of hydrogen-bond acceptors (Lipinski definition) is 4. The molecule has 0 radical (unpaired) electrons. The molecular weight excluding hydrogens is 333 g/mol. The zero-order valence-corrected chi connectivity index (χ0v) is 13.8. The second-order valence-electron chi connectivity index (χ2n) is 5.62. The van der Waals surface area contributed by atoms with E-state index in [1.807, 2.05) is 6.07 Å². The molecule has 0 aromatic heterocycles. The number of fused-ring (bicyclic) bond motifs is 1. The van der Waals surface area contributed by atoms with Crippen molar-refractivity contribution >= 4 is 33.0 Å². The van der Waals surface area contributed by atoms with E-state index in [1.54, 1.807) is 6.07 Å². The van der Waals surface area contributed by atoms with Gasteiger partial charge in [-0.1, -0.05) is 23.2 Å². The Morgan fingerprint density at radius 2 is 2.05 bits per heavy atom. The normalized spacial score (nSPS) is 27.7. The summed E-state index contributed by atoms with van der Waals surface area (Å²) in [4.78, 5) is 0. The summed E-state index contributed by atoms with van der Waals surface area (Å²) in [6, 6.07) is 3.52. The van der Waals surface area contributed by atoms with E-state index in [0.717, 1.165) is 18.4 Å². The molecule has 1 fully saturated rings. The summed E-state index contributed by atoms with van der Waals surface area (Å²) >= 11 is 12.2. The Balaban J connectivity index is 1.82. The first-order valence-corrected chi connectivity index (χ1v) is 9.60. The van der Waals surface area contributed by atoms with Gasteiger partial charge in [0.15, 0.2) is 9.84 Å². The van der Waals surface area contributed by atoms with Crippen molar-refractivity contribution in [2.24, 2.45) is 0 Å². The molecule has 0 spiro atoms. The Morgan fingerprint density at radius 3 is 2.81 bits per heavy atom. The number of benzene rings is 1. The minimum atomic E-state index is -2.92. The van der Waals surface area contributed by atoms with Gasteiger partial charge in [0.05, 0.1) is 23.1 Å². The summed E-state index contributed by atoms with van der Waals surface area (Å²) in [5.41, 5.74) is 0.918. The Labute approximate surface area is 134 Å². The van der Waals surface area contributed by atoms with Gasteiger partial charge in [0.2, 0.25) is 0 Å². The van der Waals surface area contributed by atoms with E-state index in [9.17, 15) is 8.42 Å². The largest absolute Gasteiger partial charge is 0.492 e. The van der Waals surface area contributed by atoms with E-state index < -0.39 is 9.84 Å². The molecule has 1 N–H and O–H groups in total. The molecule has 116 valence electrons. The average molecular weight is 350 g/mol. The van der Waals surface area contributed by atoms with Gasteiger partial charge in [-0.05, 0) is 25.0 Å². The lowest BCUT2D eigenvalue weighted by molar-refractivity contribution is 0.244. The fraction of sp³-hybridized carbons (Fsp3) is 0.571. The zero-order valence-electron chi connectivity index (χ0n) is 11.4. The van der Waals surface area contributed by atoms with Crippen LogP contribution in [0.15, 0.2) is 12.1 Å². The smallest absolute Gasteiger partial charge is 0.151 e. The van der Waals surface area contributed by atoms with Gasteiger partial charge in [0.1, 0.15) is 5.75 Å². The summed E-state index contributed by atoms with van der Waals surface area (Å²) < 4.78 is 29.1. The van der Waals surface area contributed by atoms with Crippen molar-refractivity contribution in [1.29, 1.82) is 0 Å². The lowest BCUT2D eigenvalue weighted by atomic mass is 9.99. The van der Waals surface area contributed by atoms with E-state index in [0.29, 0.717) is 34.6 Å². The molecule has 1 aromatic carbocycles. The Hall–Kier alpha value is -0.490. The van der Waals surface area contributed by atoms with Gasteiger partial charge in [-0.2, -0.15) is 0 Å². The molecule has 1 saturated heterocycles. The Kier molecular flexibility index (Phi) is 4.37. The van der Waals surface area contributed by atoms with Crippen LogP contribution in [0.1, 0.15) is 30.9 Å². The van der Waals surface area contributed by atoms with Gasteiger partial charge in [0.25, 0.3) is 0 Å². The Morgan fingerprint density at radius 1 is 1.24 bits per heavy atom. The van der Waals surface area contributed by atoms with Crippen LogP contribution in [0.2, 0.25) is 10.0 Å². The lowest BCUT2D eigenvalue weighted by Gasteiger charge is -2.32. The maximum absolute atomic E-state index is 11.7. The molecule has 4 nitrogen and oxygen atoms in total. The van der Waals surface area contributed by atoms with Crippen molar-refractivity contribution in [3.63, 3.8) is 0 Å². The average Bonchev–Trinajstić information content (AvgIpc) is 2.38. The molecule has 2 aliphatic rings. The highest BCUT2D eigenvalue weighted by molar-refractivity contribution is 7.91. The third-order valence-electron chi connectivity index (χ3n) is 3.97. The summed E-state index contributed by atoms with van der Waals surface area (Å²) in [6.07, 6.45) is 2.37. The third-order valence-corrected chi connectivity index (χ3v) is 6.29. The maximum Gasteiger partial charge on any atom is 0.151 e. The van der Waals surface area contributed by atoms with Gasteiger partial charge >= 0.3 is 0 Å². The number of rotatable bonds is 2. The third kappa shape index (κ3) is 3.47. The molecule has 2 heterocycles. The minimum absolute atomic E-state index is 0.0162. The fourth-order valence-electron chi connectivity index (χ4n) is 3.04. The molecule has 0 bridgehead atoms. The minimum Gasteiger partial charge on any atom is -0.492 e. The van der Waals surface area contributed by atoms with Crippen LogP contribution in [-0.4, -0.2) is 32.6 Å². The van der Waals surface area contributed by atoms with Crippen molar-refractivity contribution in [3.05, 3.63) is 27.7 Å². The van der Waals surface area contributed by atoms with E-state index in [-0.39, 0.29) is 17.8 Å². The second kappa shape index (κ2) is 5.95. The zero-order chi connectivity index (χ0) is 15.0. The van der Waals surface area contributed by atoms with E-state index in [1.165, 1.54) is 0 Å². The fourth-order valence-corrected chi connectivity index (χ4v) is 5.25. The van der Waals surface area contributed by atoms with Crippen LogP contribution >= 0.6 is 23.2 Å². The summed E-state index contributed by atoms with van der Waals surface area (Å²) in [5, 5.41) is 4.51.